The van der Waals surface area contributed by atoms with E-state index >= 15 is 0 Å². The highest BCUT2D eigenvalue weighted by molar-refractivity contribution is 6.06. The molecule has 0 fully saturated rings. The minimum atomic E-state index is -4.43. The first-order valence-corrected chi connectivity index (χ1v) is 9.85. The molecule has 1 aliphatic heterocycles. The van der Waals surface area contributed by atoms with E-state index in [-0.39, 0.29) is 18.2 Å². The molecule has 0 saturated carbocycles. The number of hydrogen-bond donors (Lipinski definition) is 0. The summed E-state index contributed by atoms with van der Waals surface area (Å²) in [4.78, 5) is 23.2. The number of halogens is 3. The molecule has 0 spiro atoms. The van der Waals surface area contributed by atoms with Gasteiger partial charge in [0.15, 0.2) is 5.65 Å². The molecule has 1 amide bonds. The van der Waals surface area contributed by atoms with Crippen LogP contribution in [-0.4, -0.2) is 33.4 Å². The Labute approximate surface area is 185 Å². The number of nitrogens with zero attached hydrogens (tertiary/aromatic N) is 5. The van der Waals surface area contributed by atoms with Crippen LogP contribution in [0.1, 0.15) is 21.6 Å². The van der Waals surface area contributed by atoms with Crippen LogP contribution < -0.4 is 9.64 Å². The van der Waals surface area contributed by atoms with Crippen LogP contribution in [0.3, 0.4) is 0 Å². The molecule has 0 bridgehead atoms. The summed E-state index contributed by atoms with van der Waals surface area (Å²) in [6.07, 6.45) is 0.0305. The number of anilines is 1. The first-order chi connectivity index (χ1) is 15.8. The van der Waals surface area contributed by atoms with Crippen molar-refractivity contribution in [1.29, 1.82) is 5.26 Å². The Bertz CT molecular complexity index is 1420. The maximum Gasteiger partial charge on any atom is 0.416 e. The van der Waals surface area contributed by atoms with E-state index in [1.807, 2.05) is 6.07 Å². The third-order valence-electron chi connectivity index (χ3n) is 5.32. The van der Waals surface area contributed by atoms with Crippen molar-refractivity contribution in [3.8, 4) is 23.1 Å². The smallest absolute Gasteiger partial charge is 0.416 e. The molecule has 5 rings (SSSR count). The van der Waals surface area contributed by atoms with Gasteiger partial charge in [-0.2, -0.15) is 18.4 Å². The molecule has 0 N–H and O–H groups in total. The molecule has 33 heavy (non-hydrogen) atoms. The van der Waals surface area contributed by atoms with Gasteiger partial charge in [-0.25, -0.2) is 9.97 Å². The summed E-state index contributed by atoms with van der Waals surface area (Å²) >= 11 is 0. The second-order valence-electron chi connectivity index (χ2n) is 7.32. The number of carbonyl (C=O) groups excluding carboxylic acids is 1. The maximum atomic E-state index is 13.3. The van der Waals surface area contributed by atoms with Gasteiger partial charge in [-0.3, -0.25) is 9.20 Å². The summed E-state index contributed by atoms with van der Waals surface area (Å²) in [5.41, 5.74) is 1.82. The highest BCUT2D eigenvalue weighted by atomic mass is 19.4. The van der Waals surface area contributed by atoms with E-state index in [1.165, 1.54) is 35.6 Å². The Hall–Kier alpha value is -4.39. The number of alkyl halides is 3. The fourth-order valence-electron chi connectivity index (χ4n) is 3.68. The predicted octanol–water partition coefficient (Wildman–Crippen LogP) is 4.33. The van der Waals surface area contributed by atoms with Crippen molar-refractivity contribution in [1.82, 2.24) is 14.4 Å². The number of aromatic nitrogens is 3. The molecule has 0 aliphatic carbocycles. The van der Waals surface area contributed by atoms with Gasteiger partial charge in [-0.05, 0) is 24.3 Å². The Morgan fingerprint density at radius 2 is 1.88 bits per heavy atom. The van der Waals surface area contributed by atoms with Gasteiger partial charge in [0.1, 0.15) is 18.1 Å². The van der Waals surface area contributed by atoms with Crippen LogP contribution in [0.5, 0.6) is 5.75 Å². The summed E-state index contributed by atoms with van der Waals surface area (Å²) in [5, 5.41) is 9.09. The molecule has 0 radical (unpaired) electrons. The third-order valence-corrected chi connectivity index (χ3v) is 5.32. The minimum Gasteiger partial charge on any atom is -0.489 e. The topological polar surface area (TPSA) is 83.5 Å². The molecular weight excluding hydrogens is 435 g/mol. The lowest BCUT2D eigenvalue weighted by molar-refractivity contribution is -0.137. The van der Waals surface area contributed by atoms with Gasteiger partial charge >= 0.3 is 6.18 Å². The molecule has 10 heteroatoms. The number of ether oxygens (including phenoxy) is 1. The number of imidazole rings is 1. The molecule has 0 saturated heterocycles. The molecule has 2 aromatic carbocycles. The van der Waals surface area contributed by atoms with E-state index < -0.39 is 11.7 Å². The van der Waals surface area contributed by atoms with Crippen LogP contribution in [0.4, 0.5) is 18.9 Å². The van der Waals surface area contributed by atoms with Crippen LogP contribution in [-0.2, 0) is 6.18 Å². The molecule has 1 aliphatic rings. The van der Waals surface area contributed by atoms with Gasteiger partial charge in [0.2, 0.25) is 0 Å². The molecule has 4 aromatic rings. The lowest BCUT2D eigenvalue weighted by Crippen LogP contribution is -2.38. The zero-order chi connectivity index (χ0) is 23.2. The summed E-state index contributed by atoms with van der Waals surface area (Å²) in [7, 11) is 0. The van der Waals surface area contributed by atoms with E-state index in [0.29, 0.717) is 40.4 Å². The molecule has 0 unspecified atom stereocenters. The number of amides is 1. The van der Waals surface area contributed by atoms with E-state index in [4.69, 9.17) is 10.00 Å². The Balaban J connectivity index is 1.51. The lowest BCUT2D eigenvalue weighted by atomic mass is 10.1. The number of nitriles is 1. The SMILES string of the molecule is N#Cc1ccc2c(c1)OCCN2C(=O)c1cn2c(-c3ccc(C(F)(F)F)cc3)cnc2cn1. The summed E-state index contributed by atoms with van der Waals surface area (Å²) in [6.45, 7) is 0.560. The fourth-order valence-corrected chi connectivity index (χ4v) is 3.68. The highest BCUT2D eigenvalue weighted by Gasteiger charge is 2.30. The van der Waals surface area contributed by atoms with Gasteiger partial charge in [-0.1, -0.05) is 12.1 Å². The normalized spacial score (nSPS) is 13.3. The fraction of sp³-hybridized carbons (Fsp3) is 0.130. The van der Waals surface area contributed by atoms with E-state index in [9.17, 15) is 18.0 Å². The van der Waals surface area contributed by atoms with Crippen LogP contribution >= 0.6 is 0 Å². The molecule has 7 nitrogen and oxygen atoms in total. The van der Waals surface area contributed by atoms with Crippen molar-refractivity contribution in [2.45, 2.75) is 6.18 Å². The van der Waals surface area contributed by atoms with Crippen LogP contribution in [0, 0.1) is 11.3 Å². The van der Waals surface area contributed by atoms with Crippen molar-refractivity contribution in [2.75, 3.05) is 18.1 Å². The van der Waals surface area contributed by atoms with Crippen molar-refractivity contribution in [3.63, 3.8) is 0 Å². The standard InChI is InChI=1S/C23H14F3N5O2/c24-23(25,26)16-4-2-15(3-5-16)19-11-29-21-12-28-17(13-31(19)21)22(32)30-7-8-33-20-9-14(10-27)1-6-18(20)30/h1-6,9,11-13H,7-8H2. The molecule has 2 aromatic heterocycles. The quantitative estimate of drug-likeness (QED) is 0.455. The van der Waals surface area contributed by atoms with Crippen molar-refractivity contribution >= 4 is 17.2 Å². The van der Waals surface area contributed by atoms with Gasteiger partial charge in [0, 0.05) is 17.8 Å². The first kappa shape index (κ1) is 20.5. The molecular formula is C23H14F3N5O2. The Morgan fingerprint density at radius 1 is 1.09 bits per heavy atom. The largest absolute Gasteiger partial charge is 0.489 e. The van der Waals surface area contributed by atoms with E-state index in [0.717, 1.165) is 12.1 Å². The van der Waals surface area contributed by atoms with Crippen molar-refractivity contribution in [3.05, 3.63) is 77.9 Å². The Kier molecular flexibility index (Phi) is 4.74. The third kappa shape index (κ3) is 3.63. The zero-order valence-electron chi connectivity index (χ0n) is 16.9. The number of hydrogen-bond acceptors (Lipinski definition) is 5. The second kappa shape index (κ2) is 7.63. The molecule has 3 heterocycles. The summed E-state index contributed by atoms with van der Waals surface area (Å²) in [5.74, 6) is 0.0565. The van der Waals surface area contributed by atoms with Crippen molar-refractivity contribution in [2.24, 2.45) is 0 Å². The first-order valence-electron chi connectivity index (χ1n) is 9.85. The second-order valence-corrected chi connectivity index (χ2v) is 7.32. The lowest BCUT2D eigenvalue weighted by Gasteiger charge is -2.29. The zero-order valence-corrected chi connectivity index (χ0v) is 16.9. The average Bonchev–Trinajstić information content (AvgIpc) is 3.25. The van der Waals surface area contributed by atoms with Gasteiger partial charge < -0.3 is 9.64 Å². The number of benzene rings is 2. The van der Waals surface area contributed by atoms with Crippen LogP contribution in [0.2, 0.25) is 0 Å². The average molecular weight is 449 g/mol. The molecule has 164 valence electrons. The van der Waals surface area contributed by atoms with Crippen LogP contribution in [0.15, 0.2) is 61.1 Å². The summed E-state index contributed by atoms with van der Waals surface area (Å²) < 4.78 is 45.9. The van der Waals surface area contributed by atoms with Crippen molar-refractivity contribution < 1.29 is 22.7 Å². The van der Waals surface area contributed by atoms with Gasteiger partial charge in [0.25, 0.3) is 5.91 Å². The number of fused-ring (bicyclic) bond motifs is 2. The van der Waals surface area contributed by atoms with E-state index in [1.54, 1.807) is 22.6 Å². The Morgan fingerprint density at radius 3 is 2.61 bits per heavy atom. The van der Waals surface area contributed by atoms with E-state index in [2.05, 4.69) is 9.97 Å². The minimum absolute atomic E-state index is 0.130. The van der Waals surface area contributed by atoms with Gasteiger partial charge in [0.05, 0.1) is 47.5 Å². The monoisotopic (exact) mass is 449 g/mol. The number of carbonyl (C=O) groups is 1. The van der Waals surface area contributed by atoms with Crippen LogP contribution in [0.25, 0.3) is 16.9 Å². The highest BCUT2D eigenvalue weighted by Crippen LogP contribution is 2.34. The number of rotatable bonds is 2. The maximum absolute atomic E-state index is 13.3. The molecule has 0 atom stereocenters. The van der Waals surface area contributed by atoms with Gasteiger partial charge in [-0.15, -0.1) is 0 Å². The predicted molar refractivity (Wildman–Crippen MR) is 112 cm³/mol. The summed E-state index contributed by atoms with van der Waals surface area (Å²) in [6, 6.07) is 11.6.